The van der Waals surface area contributed by atoms with Crippen molar-refractivity contribution in [3.8, 4) is 11.4 Å². The molecular formula is C21H21FN2O2. The van der Waals surface area contributed by atoms with E-state index in [1.807, 2.05) is 36.7 Å². The van der Waals surface area contributed by atoms with E-state index in [9.17, 15) is 4.39 Å². The van der Waals surface area contributed by atoms with Crippen LogP contribution in [0, 0.1) is 5.82 Å². The van der Waals surface area contributed by atoms with Gasteiger partial charge in [-0.15, -0.1) is 0 Å². The zero-order valence-corrected chi connectivity index (χ0v) is 14.6. The molecule has 1 aromatic heterocycles. The molecular weight excluding hydrogens is 331 g/mol. The lowest BCUT2D eigenvalue weighted by molar-refractivity contribution is 0.0288. The molecule has 26 heavy (non-hydrogen) atoms. The van der Waals surface area contributed by atoms with Gasteiger partial charge in [0.15, 0.2) is 0 Å². The van der Waals surface area contributed by atoms with Gasteiger partial charge in [-0.3, -0.25) is 4.90 Å². The number of halogens is 1. The fourth-order valence-electron chi connectivity index (χ4n) is 3.31. The van der Waals surface area contributed by atoms with Crippen LogP contribution < -0.4 is 4.74 Å². The molecule has 1 saturated heterocycles. The number of benzene rings is 2. The van der Waals surface area contributed by atoms with Gasteiger partial charge in [-0.1, -0.05) is 24.3 Å². The van der Waals surface area contributed by atoms with Crippen molar-refractivity contribution in [3.05, 3.63) is 83.9 Å². The fraction of sp³-hybridized carbons (Fsp3) is 0.238. The van der Waals surface area contributed by atoms with E-state index in [-0.39, 0.29) is 12.0 Å². The molecule has 0 N–H and O–H groups in total. The first-order valence-corrected chi connectivity index (χ1v) is 8.66. The van der Waals surface area contributed by atoms with Crippen LogP contribution in [0.5, 0.6) is 5.75 Å². The van der Waals surface area contributed by atoms with Gasteiger partial charge in [-0.25, -0.2) is 4.39 Å². The Morgan fingerprint density at radius 3 is 2.69 bits per heavy atom. The van der Waals surface area contributed by atoms with Crippen molar-refractivity contribution in [3.63, 3.8) is 0 Å². The van der Waals surface area contributed by atoms with E-state index < -0.39 is 0 Å². The largest absolute Gasteiger partial charge is 0.497 e. The highest BCUT2D eigenvalue weighted by Gasteiger charge is 2.27. The van der Waals surface area contributed by atoms with Crippen LogP contribution in [0.2, 0.25) is 0 Å². The lowest BCUT2D eigenvalue weighted by Gasteiger charge is -2.22. The van der Waals surface area contributed by atoms with Gasteiger partial charge in [0.2, 0.25) is 0 Å². The average molecular weight is 352 g/mol. The van der Waals surface area contributed by atoms with E-state index in [2.05, 4.69) is 17.0 Å². The quantitative estimate of drug-likeness (QED) is 0.690. The third-order valence-electron chi connectivity index (χ3n) is 4.66. The maximum absolute atomic E-state index is 14.0. The van der Waals surface area contributed by atoms with Gasteiger partial charge in [0.05, 0.1) is 19.4 Å². The number of hydrogen-bond acceptors (Lipinski definition) is 3. The van der Waals surface area contributed by atoms with Crippen LogP contribution in [-0.2, 0) is 11.3 Å². The normalized spacial score (nSPS) is 17.5. The Morgan fingerprint density at radius 2 is 1.92 bits per heavy atom. The summed E-state index contributed by atoms with van der Waals surface area (Å²) in [5.74, 6) is 0.613. The molecule has 0 bridgehead atoms. The fourth-order valence-corrected chi connectivity index (χ4v) is 3.31. The van der Waals surface area contributed by atoms with Crippen LogP contribution in [-0.4, -0.2) is 29.7 Å². The van der Waals surface area contributed by atoms with Crippen LogP contribution in [0.15, 0.2) is 67.0 Å². The summed E-state index contributed by atoms with van der Waals surface area (Å²) < 4.78 is 27.0. The van der Waals surface area contributed by atoms with Crippen LogP contribution >= 0.6 is 0 Å². The summed E-state index contributed by atoms with van der Waals surface area (Å²) in [6.07, 6.45) is 3.70. The maximum atomic E-state index is 14.0. The van der Waals surface area contributed by atoms with Crippen LogP contribution in [0.1, 0.15) is 17.4 Å². The summed E-state index contributed by atoms with van der Waals surface area (Å²) in [6.45, 7) is 2.34. The number of rotatable bonds is 5. The van der Waals surface area contributed by atoms with Crippen molar-refractivity contribution in [2.75, 3.05) is 20.3 Å². The van der Waals surface area contributed by atoms with Gasteiger partial charge in [0.1, 0.15) is 17.8 Å². The smallest absolute Gasteiger partial charge is 0.147 e. The summed E-state index contributed by atoms with van der Waals surface area (Å²) in [5, 5.41) is 0. The second-order valence-corrected chi connectivity index (χ2v) is 6.35. The predicted octanol–water partition coefficient (Wildman–Crippen LogP) is 4.16. The minimum Gasteiger partial charge on any atom is -0.497 e. The molecule has 0 saturated carbocycles. The van der Waals surface area contributed by atoms with Gasteiger partial charge in [-0.05, 0) is 35.9 Å². The first-order valence-electron chi connectivity index (χ1n) is 8.66. The zero-order chi connectivity index (χ0) is 17.9. The Morgan fingerprint density at radius 1 is 1.12 bits per heavy atom. The molecule has 134 valence electrons. The molecule has 0 unspecified atom stereocenters. The van der Waals surface area contributed by atoms with E-state index in [1.54, 1.807) is 23.8 Å². The Kier molecular flexibility index (Phi) is 4.73. The molecule has 2 heterocycles. The summed E-state index contributed by atoms with van der Waals surface area (Å²) in [6, 6.07) is 16.8. The van der Waals surface area contributed by atoms with Gasteiger partial charge in [-0.2, -0.15) is 0 Å². The lowest BCUT2D eigenvalue weighted by atomic mass is 10.2. The van der Waals surface area contributed by atoms with E-state index in [4.69, 9.17) is 9.47 Å². The molecule has 3 aromatic rings. The highest BCUT2D eigenvalue weighted by molar-refractivity contribution is 5.36. The Hall–Kier alpha value is -2.63. The summed E-state index contributed by atoms with van der Waals surface area (Å²) in [4.78, 5) is 2.28. The molecule has 2 aromatic carbocycles. The summed E-state index contributed by atoms with van der Waals surface area (Å²) in [7, 11) is 1.67. The summed E-state index contributed by atoms with van der Waals surface area (Å²) in [5.41, 5.74) is 2.77. The van der Waals surface area contributed by atoms with Crippen molar-refractivity contribution in [2.45, 2.75) is 12.8 Å². The maximum Gasteiger partial charge on any atom is 0.147 e. The molecule has 5 heteroatoms. The Labute approximate surface area is 152 Å². The lowest BCUT2D eigenvalue weighted by Crippen LogP contribution is -2.23. The second kappa shape index (κ2) is 7.32. The van der Waals surface area contributed by atoms with Crippen molar-refractivity contribution >= 4 is 0 Å². The van der Waals surface area contributed by atoms with E-state index in [0.717, 1.165) is 24.4 Å². The molecule has 0 spiro atoms. The Balaban J connectivity index is 1.52. The number of hydrogen-bond donors (Lipinski definition) is 0. The van der Waals surface area contributed by atoms with Gasteiger partial charge < -0.3 is 14.0 Å². The topological polar surface area (TPSA) is 26.6 Å². The molecule has 4 nitrogen and oxygen atoms in total. The molecule has 0 amide bonds. The van der Waals surface area contributed by atoms with Gasteiger partial charge in [0.25, 0.3) is 0 Å². The minimum atomic E-state index is -0.239. The molecule has 1 aliphatic rings. The SMILES string of the molecule is COc1ccc(CN2CCO[C@H]2c2ccn(-c3ccccc3F)c2)cc1. The van der Waals surface area contributed by atoms with Crippen molar-refractivity contribution < 1.29 is 13.9 Å². The minimum absolute atomic E-state index is 0.120. The van der Waals surface area contributed by atoms with Gasteiger partial charge >= 0.3 is 0 Å². The monoisotopic (exact) mass is 352 g/mol. The third kappa shape index (κ3) is 3.36. The average Bonchev–Trinajstić information content (AvgIpc) is 3.32. The standard InChI is InChI=1S/C21H21FN2O2/c1-25-18-8-6-16(7-9-18)14-24-12-13-26-21(24)17-10-11-23(15-17)20-5-3-2-4-19(20)22/h2-11,15,21H,12-14H2,1H3/t21-/m0/s1. The highest BCUT2D eigenvalue weighted by Crippen LogP contribution is 2.30. The van der Waals surface area contributed by atoms with Crippen LogP contribution in [0.4, 0.5) is 4.39 Å². The molecule has 4 rings (SSSR count). The predicted molar refractivity (Wildman–Crippen MR) is 97.8 cm³/mol. The highest BCUT2D eigenvalue weighted by atomic mass is 19.1. The second-order valence-electron chi connectivity index (χ2n) is 6.35. The molecule has 0 radical (unpaired) electrons. The number of nitrogens with zero attached hydrogens (tertiary/aromatic N) is 2. The zero-order valence-electron chi connectivity index (χ0n) is 14.6. The van der Waals surface area contributed by atoms with E-state index >= 15 is 0 Å². The first kappa shape index (κ1) is 16.8. The third-order valence-corrected chi connectivity index (χ3v) is 4.66. The molecule has 1 aliphatic heterocycles. The van der Waals surface area contributed by atoms with Gasteiger partial charge in [0, 0.05) is 31.0 Å². The van der Waals surface area contributed by atoms with Crippen molar-refractivity contribution in [1.82, 2.24) is 9.47 Å². The number of aromatic nitrogens is 1. The molecule has 1 fully saturated rings. The molecule has 1 atom stereocenters. The summed E-state index contributed by atoms with van der Waals surface area (Å²) >= 11 is 0. The van der Waals surface area contributed by atoms with E-state index in [0.29, 0.717) is 12.3 Å². The molecule has 0 aliphatic carbocycles. The van der Waals surface area contributed by atoms with Crippen molar-refractivity contribution in [2.24, 2.45) is 0 Å². The van der Waals surface area contributed by atoms with Crippen LogP contribution in [0.3, 0.4) is 0 Å². The number of ether oxygens (including phenoxy) is 2. The van der Waals surface area contributed by atoms with E-state index in [1.165, 1.54) is 11.6 Å². The number of para-hydroxylation sites is 1. The Bertz CT molecular complexity index is 876. The van der Waals surface area contributed by atoms with Crippen LogP contribution in [0.25, 0.3) is 5.69 Å². The number of methoxy groups -OCH3 is 1. The van der Waals surface area contributed by atoms with Crippen molar-refractivity contribution in [1.29, 1.82) is 0 Å². The first-order chi connectivity index (χ1) is 12.7.